The van der Waals surface area contributed by atoms with E-state index in [0.717, 1.165) is 77.4 Å². The maximum atomic E-state index is 12.5. The molecule has 7 heteroatoms. The van der Waals surface area contributed by atoms with Crippen LogP contribution in [0.4, 0.5) is 0 Å². The van der Waals surface area contributed by atoms with Crippen LogP contribution in [0, 0.1) is 0 Å². The third kappa shape index (κ3) is 13.6. The highest BCUT2D eigenvalue weighted by Crippen LogP contribution is 2.40. The van der Waals surface area contributed by atoms with E-state index in [1.54, 1.807) is 0 Å². The van der Waals surface area contributed by atoms with Crippen LogP contribution in [0.1, 0.15) is 171 Å². The van der Waals surface area contributed by atoms with E-state index in [4.69, 9.17) is 19.0 Å². The van der Waals surface area contributed by atoms with Crippen LogP contribution in [0.3, 0.4) is 0 Å². The smallest absolute Gasteiger partial charge is 0.306 e. The summed E-state index contributed by atoms with van der Waals surface area (Å²) in [5.41, 5.74) is -0.0790. The molecule has 260 valence electrons. The van der Waals surface area contributed by atoms with Gasteiger partial charge in [0.2, 0.25) is 0 Å². The summed E-state index contributed by atoms with van der Waals surface area (Å²) >= 11 is 0. The molecule has 2 aliphatic heterocycles. The number of esters is 1. The van der Waals surface area contributed by atoms with Crippen LogP contribution in [-0.4, -0.2) is 77.4 Å². The molecule has 2 saturated heterocycles. The number of hydrogen-bond donors (Lipinski definition) is 0. The van der Waals surface area contributed by atoms with E-state index < -0.39 is 0 Å². The summed E-state index contributed by atoms with van der Waals surface area (Å²) < 4.78 is 17.9. The second-order valence-corrected chi connectivity index (χ2v) is 16.3. The summed E-state index contributed by atoms with van der Waals surface area (Å²) in [6, 6.07) is 0. The molecule has 0 saturated carbocycles. The fraction of sp³-hybridized carbons (Fsp3) is 0.973. The predicted molar refractivity (Wildman–Crippen MR) is 182 cm³/mol. The molecule has 0 spiro atoms. The average molecular weight is 625 g/mol. The van der Waals surface area contributed by atoms with Crippen LogP contribution in [0.15, 0.2) is 0 Å². The Bertz CT molecular complexity index is 776. The summed E-state index contributed by atoms with van der Waals surface area (Å²) in [7, 11) is 2.18. The number of likely N-dealkylation sites (tertiary alicyclic amines) is 1. The Hall–Kier alpha value is -0.730. The Labute approximate surface area is 272 Å². The number of ether oxygens (including phenoxy) is 3. The number of hydrogen-bond acceptors (Lipinski definition) is 7. The van der Waals surface area contributed by atoms with Gasteiger partial charge in [-0.25, -0.2) is 0 Å². The van der Waals surface area contributed by atoms with E-state index >= 15 is 0 Å². The summed E-state index contributed by atoms with van der Waals surface area (Å²) in [5.74, 6) is -0.0299. The van der Waals surface area contributed by atoms with Crippen molar-refractivity contribution in [2.24, 2.45) is 0 Å². The van der Waals surface area contributed by atoms with Gasteiger partial charge in [-0.1, -0.05) is 64.7 Å². The van der Waals surface area contributed by atoms with Crippen molar-refractivity contribution in [3.63, 3.8) is 0 Å². The lowest BCUT2D eigenvalue weighted by Crippen LogP contribution is -2.62. The maximum absolute atomic E-state index is 12.5. The minimum absolute atomic E-state index is 0.0206. The molecule has 44 heavy (non-hydrogen) atoms. The number of hydroxylamine groups is 2. The SMILES string of the molecule is CCCCCCCCON1C(C)(C)CC(OCOCCCCCCCCC(=O)OC2CC(C)(C)N(C)C(C)(C)C2)CC1(C)C. The van der Waals surface area contributed by atoms with Crippen molar-refractivity contribution in [1.29, 1.82) is 0 Å². The van der Waals surface area contributed by atoms with E-state index in [-0.39, 0.29) is 40.3 Å². The molecular formula is C37H72N2O5. The van der Waals surface area contributed by atoms with Gasteiger partial charge < -0.3 is 14.2 Å². The first kappa shape index (κ1) is 39.4. The Kier molecular flexibility index (Phi) is 16.6. The third-order valence-corrected chi connectivity index (χ3v) is 10.1. The average Bonchev–Trinajstić information content (AvgIpc) is 2.90. The monoisotopic (exact) mass is 625 g/mol. The second kappa shape index (κ2) is 18.6. The fourth-order valence-electron chi connectivity index (χ4n) is 7.67. The number of rotatable bonds is 21. The van der Waals surface area contributed by atoms with Crippen molar-refractivity contribution < 1.29 is 23.8 Å². The van der Waals surface area contributed by atoms with Gasteiger partial charge in [-0.3, -0.25) is 14.5 Å². The van der Waals surface area contributed by atoms with Gasteiger partial charge in [0.1, 0.15) is 12.9 Å². The van der Waals surface area contributed by atoms with Crippen LogP contribution in [0.2, 0.25) is 0 Å². The largest absolute Gasteiger partial charge is 0.462 e. The van der Waals surface area contributed by atoms with E-state index in [9.17, 15) is 4.79 Å². The molecule has 0 aromatic rings. The molecule has 2 heterocycles. The molecule has 0 amide bonds. The van der Waals surface area contributed by atoms with E-state index in [1.807, 2.05) is 0 Å². The summed E-state index contributed by atoms with van der Waals surface area (Å²) in [6.45, 7) is 22.2. The van der Waals surface area contributed by atoms with Crippen LogP contribution < -0.4 is 0 Å². The Morgan fingerprint density at radius 2 is 1.11 bits per heavy atom. The van der Waals surface area contributed by atoms with Gasteiger partial charge in [-0.15, -0.1) is 0 Å². The molecule has 0 aromatic carbocycles. The van der Waals surface area contributed by atoms with Gasteiger partial charge in [0.05, 0.1) is 12.7 Å². The Balaban J connectivity index is 1.49. The van der Waals surface area contributed by atoms with Gasteiger partial charge in [0, 0.05) is 48.0 Å². The summed E-state index contributed by atoms with van der Waals surface area (Å²) in [5, 5.41) is 2.24. The Morgan fingerprint density at radius 3 is 1.68 bits per heavy atom. The van der Waals surface area contributed by atoms with E-state index in [0.29, 0.717) is 13.2 Å². The molecule has 2 rings (SSSR count). The van der Waals surface area contributed by atoms with Crippen molar-refractivity contribution in [3.8, 4) is 0 Å². The molecule has 0 aliphatic carbocycles. The molecule has 0 aromatic heterocycles. The van der Waals surface area contributed by atoms with Crippen LogP contribution in [-0.2, 0) is 23.8 Å². The number of piperidine rings is 2. The predicted octanol–water partition coefficient (Wildman–Crippen LogP) is 9.22. The first-order chi connectivity index (χ1) is 20.6. The lowest BCUT2D eigenvalue weighted by Gasteiger charge is -2.53. The summed E-state index contributed by atoms with van der Waals surface area (Å²) in [4.78, 5) is 21.2. The first-order valence-electron chi connectivity index (χ1n) is 18.2. The molecule has 7 nitrogen and oxygen atoms in total. The summed E-state index contributed by atoms with van der Waals surface area (Å²) in [6.07, 6.45) is 18.6. The van der Waals surface area contributed by atoms with Crippen molar-refractivity contribution in [2.75, 3.05) is 27.1 Å². The molecule has 2 fully saturated rings. The van der Waals surface area contributed by atoms with Crippen molar-refractivity contribution in [2.45, 2.75) is 206 Å². The van der Waals surface area contributed by atoms with Gasteiger partial charge in [-0.05, 0) is 94.5 Å². The molecule has 0 atom stereocenters. The minimum Gasteiger partial charge on any atom is -0.462 e. The normalized spacial score (nSPS) is 22.3. The minimum atomic E-state index is -0.0773. The van der Waals surface area contributed by atoms with Crippen molar-refractivity contribution >= 4 is 5.97 Å². The van der Waals surface area contributed by atoms with Crippen LogP contribution >= 0.6 is 0 Å². The van der Waals surface area contributed by atoms with Crippen molar-refractivity contribution in [1.82, 2.24) is 9.96 Å². The highest BCUT2D eigenvalue weighted by Gasteiger charge is 2.47. The lowest BCUT2D eigenvalue weighted by molar-refractivity contribution is -0.298. The van der Waals surface area contributed by atoms with Gasteiger partial charge in [0.15, 0.2) is 0 Å². The van der Waals surface area contributed by atoms with Crippen molar-refractivity contribution in [3.05, 3.63) is 0 Å². The molecular weight excluding hydrogens is 552 g/mol. The lowest BCUT2D eigenvalue weighted by atomic mass is 9.79. The van der Waals surface area contributed by atoms with Crippen LogP contribution in [0.5, 0.6) is 0 Å². The van der Waals surface area contributed by atoms with E-state index in [2.05, 4.69) is 79.3 Å². The third-order valence-electron chi connectivity index (χ3n) is 10.1. The molecule has 2 aliphatic rings. The number of unbranched alkanes of at least 4 members (excludes halogenated alkanes) is 10. The van der Waals surface area contributed by atoms with Gasteiger partial charge >= 0.3 is 5.97 Å². The second-order valence-electron chi connectivity index (χ2n) is 16.3. The topological polar surface area (TPSA) is 60.5 Å². The highest BCUT2D eigenvalue weighted by atomic mass is 16.7. The number of carbonyl (C=O) groups excluding carboxylic acids is 1. The van der Waals surface area contributed by atoms with Gasteiger partial charge in [-0.2, -0.15) is 5.06 Å². The zero-order valence-corrected chi connectivity index (χ0v) is 30.7. The zero-order valence-electron chi connectivity index (χ0n) is 30.7. The van der Waals surface area contributed by atoms with Crippen LogP contribution in [0.25, 0.3) is 0 Å². The van der Waals surface area contributed by atoms with Gasteiger partial charge in [0.25, 0.3) is 0 Å². The molecule has 0 N–H and O–H groups in total. The maximum Gasteiger partial charge on any atom is 0.306 e. The quantitative estimate of drug-likeness (QED) is 0.0717. The fourth-order valence-corrected chi connectivity index (χ4v) is 7.67. The Morgan fingerprint density at radius 1 is 0.636 bits per heavy atom. The first-order valence-corrected chi connectivity index (χ1v) is 18.2. The number of carbonyl (C=O) groups is 1. The molecule has 0 bridgehead atoms. The highest BCUT2D eigenvalue weighted by molar-refractivity contribution is 5.69. The zero-order chi connectivity index (χ0) is 32.9. The van der Waals surface area contributed by atoms with E-state index in [1.165, 1.54) is 38.5 Å². The standard InChI is InChI=1S/C37H72N2O5/c1-11-12-13-14-19-22-25-43-39-36(6,7)26-31(27-37(39,8)9)42-30-41-24-21-18-16-15-17-20-23-33(40)44-32-28-34(2,3)38(10)35(4,5)29-32/h31-32H,11-30H2,1-10H3. The molecule has 0 unspecified atom stereocenters. The number of nitrogens with zero attached hydrogens (tertiary/aromatic N) is 2. The molecule has 0 radical (unpaired) electrons.